The molecule has 3 fully saturated rings. The number of nitrogens with two attached hydrogens (primary N) is 1. The third kappa shape index (κ3) is 2.40. The van der Waals surface area contributed by atoms with E-state index < -0.39 is 0 Å². The van der Waals surface area contributed by atoms with Gasteiger partial charge in [0.05, 0.1) is 17.1 Å². The van der Waals surface area contributed by atoms with Gasteiger partial charge in [-0.25, -0.2) is 0 Å². The SMILES string of the molecule is Cc1nn(CC(=O)NC2CN3CCC2CC3)c(C)c1N. The second kappa shape index (κ2) is 5.09. The maximum atomic E-state index is 12.2. The van der Waals surface area contributed by atoms with Crippen LogP contribution in [0.25, 0.3) is 0 Å². The number of amides is 1. The van der Waals surface area contributed by atoms with Crippen molar-refractivity contribution in [2.45, 2.75) is 39.3 Å². The van der Waals surface area contributed by atoms with Crippen molar-refractivity contribution in [1.82, 2.24) is 20.0 Å². The Kier molecular flexibility index (Phi) is 3.41. The lowest BCUT2D eigenvalue weighted by molar-refractivity contribution is -0.124. The van der Waals surface area contributed by atoms with Crippen LogP contribution in [0, 0.1) is 19.8 Å². The Morgan fingerprint density at radius 3 is 2.60 bits per heavy atom. The quantitative estimate of drug-likeness (QED) is 0.833. The first-order valence-electron chi connectivity index (χ1n) is 7.36. The van der Waals surface area contributed by atoms with Gasteiger partial charge in [-0.2, -0.15) is 5.10 Å². The van der Waals surface area contributed by atoms with Crippen molar-refractivity contribution in [3.05, 3.63) is 11.4 Å². The molecule has 1 amide bonds. The number of hydrogen-bond acceptors (Lipinski definition) is 4. The number of carbonyl (C=O) groups excluding carboxylic acids is 1. The number of aryl methyl sites for hydroxylation is 1. The minimum atomic E-state index is 0.0364. The predicted octanol–water partition coefficient (Wildman–Crippen LogP) is 0.293. The van der Waals surface area contributed by atoms with E-state index in [2.05, 4.69) is 15.3 Å². The molecule has 6 nitrogen and oxygen atoms in total. The van der Waals surface area contributed by atoms with Crippen LogP contribution in [0.15, 0.2) is 0 Å². The molecule has 3 saturated heterocycles. The van der Waals surface area contributed by atoms with Crippen LogP contribution in [-0.4, -0.2) is 46.3 Å². The normalized spacial score (nSPS) is 28.6. The van der Waals surface area contributed by atoms with E-state index in [0.717, 1.165) is 17.9 Å². The number of rotatable bonds is 3. The Bertz CT molecular complexity index is 516. The highest BCUT2D eigenvalue weighted by Gasteiger charge is 2.34. The van der Waals surface area contributed by atoms with E-state index >= 15 is 0 Å². The highest BCUT2D eigenvalue weighted by molar-refractivity contribution is 5.76. The van der Waals surface area contributed by atoms with Crippen LogP contribution in [0.3, 0.4) is 0 Å². The molecular weight excluding hydrogens is 254 g/mol. The maximum Gasteiger partial charge on any atom is 0.242 e. The fourth-order valence-electron chi connectivity index (χ4n) is 3.38. The maximum absolute atomic E-state index is 12.2. The van der Waals surface area contributed by atoms with Crippen molar-refractivity contribution in [1.29, 1.82) is 0 Å². The molecular formula is C14H23N5O. The Labute approximate surface area is 119 Å². The molecule has 0 radical (unpaired) electrons. The smallest absolute Gasteiger partial charge is 0.242 e. The number of piperidine rings is 3. The lowest BCUT2D eigenvalue weighted by Crippen LogP contribution is -2.57. The monoisotopic (exact) mass is 277 g/mol. The zero-order valence-corrected chi connectivity index (χ0v) is 12.2. The van der Waals surface area contributed by atoms with Gasteiger partial charge in [0.2, 0.25) is 5.91 Å². The first-order valence-corrected chi connectivity index (χ1v) is 7.36. The van der Waals surface area contributed by atoms with Crippen molar-refractivity contribution in [2.75, 3.05) is 25.4 Å². The standard InChI is InChI=1S/C14H23N5O/c1-9-14(15)10(2)19(17-9)8-13(20)16-12-7-18-5-3-11(12)4-6-18/h11-12H,3-8,15H2,1-2H3,(H,16,20). The molecule has 6 heteroatoms. The number of nitrogens with one attached hydrogen (secondary N) is 1. The zero-order valence-electron chi connectivity index (χ0n) is 12.2. The van der Waals surface area contributed by atoms with Gasteiger partial charge in [-0.15, -0.1) is 0 Å². The molecule has 3 N–H and O–H groups in total. The van der Waals surface area contributed by atoms with Gasteiger partial charge in [0.25, 0.3) is 0 Å². The van der Waals surface area contributed by atoms with Crippen molar-refractivity contribution in [2.24, 2.45) is 5.92 Å². The summed E-state index contributed by atoms with van der Waals surface area (Å²) in [4.78, 5) is 14.6. The van der Waals surface area contributed by atoms with E-state index in [1.807, 2.05) is 13.8 Å². The average Bonchev–Trinajstić information content (AvgIpc) is 2.67. The van der Waals surface area contributed by atoms with E-state index in [4.69, 9.17) is 5.73 Å². The van der Waals surface area contributed by atoms with Gasteiger partial charge < -0.3 is 16.0 Å². The van der Waals surface area contributed by atoms with Crippen LogP contribution < -0.4 is 11.1 Å². The number of anilines is 1. The van der Waals surface area contributed by atoms with Crippen LogP contribution in [-0.2, 0) is 11.3 Å². The average molecular weight is 277 g/mol. The lowest BCUT2D eigenvalue weighted by Gasteiger charge is -2.44. The minimum absolute atomic E-state index is 0.0364. The summed E-state index contributed by atoms with van der Waals surface area (Å²) >= 11 is 0. The van der Waals surface area contributed by atoms with Gasteiger partial charge in [0.15, 0.2) is 0 Å². The van der Waals surface area contributed by atoms with Crippen molar-refractivity contribution < 1.29 is 4.79 Å². The first-order chi connectivity index (χ1) is 9.54. The predicted molar refractivity (Wildman–Crippen MR) is 77.2 cm³/mol. The Hall–Kier alpha value is -1.56. The minimum Gasteiger partial charge on any atom is -0.396 e. The number of nitrogens with zero attached hydrogens (tertiary/aromatic N) is 3. The molecule has 3 aliphatic heterocycles. The summed E-state index contributed by atoms with van der Waals surface area (Å²) in [5.74, 6) is 0.684. The molecule has 1 aromatic heterocycles. The largest absolute Gasteiger partial charge is 0.396 e. The fraction of sp³-hybridized carbons (Fsp3) is 0.714. The third-order valence-electron chi connectivity index (χ3n) is 4.73. The fourth-order valence-corrected chi connectivity index (χ4v) is 3.38. The summed E-state index contributed by atoms with van der Waals surface area (Å²) in [6.45, 7) is 7.39. The van der Waals surface area contributed by atoms with Gasteiger partial charge in [-0.1, -0.05) is 0 Å². The van der Waals surface area contributed by atoms with Crippen molar-refractivity contribution >= 4 is 11.6 Å². The summed E-state index contributed by atoms with van der Waals surface area (Å²) < 4.78 is 1.70. The second-order valence-electron chi connectivity index (χ2n) is 6.05. The molecule has 1 aromatic rings. The molecule has 0 spiro atoms. The van der Waals surface area contributed by atoms with Crippen molar-refractivity contribution in [3.63, 3.8) is 0 Å². The summed E-state index contributed by atoms with van der Waals surface area (Å²) in [5.41, 5.74) is 8.23. The summed E-state index contributed by atoms with van der Waals surface area (Å²) in [6, 6.07) is 0.305. The molecule has 2 bridgehead atoms. The zero-order chi connectivity index (χ0) is 14.3. The number of hydrogen-bond donors (Lipinski definition) is 2. The Morgan fingerprint density at radius 1 is 1.40 bits per heavy atom. The van der Waals surface area contributed by atoms with Gasteiger partial charge in [0, 0.05) is 12.6 Å². The first kappa shape index (κ1) is 13.4. The van der Waals surface area contributed by atoms with Crippen LogP contribution in [0.1, 0.15) is 24.2 Å². The van der Waals surface area contributed by atoms with E-state index in [9.17, 15) is 4.79 Å². The number of nitrogen functional groups attached to an aromatic ring is 1. The lowest BCUT2D eigenvalue weighted by atomic mass is 9.84. The van der Waals surface area contributed by atoms with E-state index in [1.54, 1.807) is 4.68 Å². The molecule has 110 valence electrons. The summed E-state index contributed by atoms with van der Waals surface area (Å²) in [6.07, 6.45) is 2.41. The number of carbonyl (C=O) groups is 1. The third-order valence-corrected chi connectivity index (χ3v) is 4.73. The van der Waals surface area contributed by atoms with Crippen LogP contribution >= 0.6 is 0 Å². The summed E-state index contributed by atoms with van der Waals surface area (Å²) in [7, 11) is 0. The van der Waals surface area contributed by atoms with Crippen LogP contribution in [0.4, 0.5) is 5.69 Å². The molecule has 3 aliphatic rings. The highest BCUT2D eigenvalue weighted by Crippen LogP contribution is 2.27. The van der Waals surface area contributed by atoms with Crippen LogP contribution in [0.5, 0.6) is 0 Å². The highest BCUT2D eigenvalue weighted by atomic mass is 16.2. The van der Waals surface area contributed by atoms with Crippen LogP contribution in [0.2, 0.25) is 0 Å². The Morgan fingerprint density at radius 2 is 2.10 bits per heavy atom. The van der Waals surface area contributed by atoms with Gasteiger partial charge in [0.1, 0.15) is 6.54 Å². The van der Waals surface area contributed by atoms with Gasteiger partial charge in [-0.05, 0) is 45.7 Å². The molecule has 20 heavy (non-hydrogen) atoms. The van der Waals surface area contributed by atoms with E-state index in [0.29, 0.717) is 17.6 Å². The molecule has 1 atom stereocenters. The molecule has 0 aromatic carbocycles. The second-order valence-corrected chi connectivity index (χ2v) is 6.05. The molecule has 4 heterocycles. The number of fused-ring (bicyclic) bond motifs is 3. The van der Waals surface area contributed by atoms with Crippen molar-refractivity contribution in [3.8, 4) is 0 Å². The molecule has 4 rings (SSSR count). The van der Waals surface area contributed by atoms with E-state index in [1.165, 1.54) is 25.9 Å². The summed E-state index contributed by atoms with van der Waals surface area (Å²) in [5, 5.41) is 7.48. The topological polar surface area (TPSA) is 76.2 Å². The van der Waals surface area contributed by atoms with Gasteiger partial charge in [-0.3, -0.25) is 9.48 Å². The molecule has 0 saturated carbocycles. The molecule has 1 unspecified atom stereocenters. The molecule has 0 aliphatic carbocycles. The van der Waals surface area contributed by atoms with Gasteiger partial charge >= 0.3 is 0 Å². The number of aromatic nitrogens is 2. The van der Waals surface area contributed by atoms with E-state index in [-0.39, 0.29) is 12.5 Å². The Balaban J connectivity index is 1.61.